The summed E-state index contributed by atoms with van der Waals surface area (Å²) in [6.07, 6.45) is 1.75. The largest absolute Gasteiger partial charge is 0.255 e. The highest BCUT2D eigenvalue weighted by molar-refractivity contribution is 6.11. The zero-order chi connectivity index (χ0) is 16.1. The number of hydrazone groups is 1. The lowest BCUT2D eigenvalue weighted by molar-refractivity contribution is 1.03. The molecular formula is C18H17N5. The van der Waals surface area contributed by atoms with E-state index in [1.165, 1.54) is 0 Å². The monoisotopic (exact) mass is 303 g/mol. The number of nitrogens with one attached hydrogen (secondary N) is 1. The van der Waals surface area contributed by atoms with Crippen LogP contribution in [0.15, 0.2) is 65.9 Å². The number of nitrogens with zero attached hydrogens (tertiary/aromatic N) is 4. The Balaban J connectivity index is 1.98. The van der Waals surface area contributed by atoms with E-state index in [0.717, 1.165) is 28.4 Å². The number of pyridine rings is 1. The van der Waals surface area contributed by atoms with Crippen molar-refractivity contribution in [2.24, 2.45) is 5.10 Å². The number of hydrogen-bond donors (Lipinski definition) is 1. The third-order valence-corrected chi connectivity index (χ3v) is 3.20. The molecule has 114 valence electrons. The number of anilines is 1. The van der Waals surface area contributed by atoms with Crippen molar-refractivity contribution >= 4 is 11.7 Å². The highest BCUT2D eigenvalue weighted by Crippen LogP contribution is 2.10. The Morgan fingerprint density at radius 3 is 2.26 bits per heavy atom. The van der Waals surface area contributed by atoms with Gasteiger partial charge in [0.2, 0.25) is 5.95 Å². The van der Waals surface area contributed by atoms with Crippen molar-refractivity contribution in [1.82, 2.24) is 15.0 Å². The zero-order valence-electron chi connectivity index (χ0n) is 13.1. The molecule has 0 amide bonds. The highest BCUT2D eigenvalue weighted by Gasteiger charge is 2.08. The summed E-state index contributed by atoms with van der Waals surface area (Å²) in [5.74, 6) is 0.479. The van der Waals surface area contributed by atoms with Crippen LogP contribution in [0.3, 0.4) is 0 Å². The first kappa shape index (κ1) is 14.8. The zero-order valence-corrected chi connectivity index (χ0v) is 13.1. The van der Waals surface area contributed by atoms with E-state index >= 15 is 0 Å². The molecule has 0 unspecified atom stereocenters. The molecule has 0 aliphatic carbocycles. The van der Waals surface area contributed by atoms with Gasteiger partial charge < -0.3 is 0 Å². The molecule has 5 heteroatoms. The predicted molar refractivity (Wildman–Crippen MR) is 91.4 cm³/mol. The second-order valence-electron chi connectivity index (χ2n) is 5.13. The molecule has 2 heterocycles. The lowest BCUT2D eigenvalue weighted by atomic mass is 10.1. The summed E-state index contributed by atoms with van der Waals surface area (Å²) in [4.78, 5) is 13.1. The molecule has 0 saturated carbocycles. The van der Waals surface area contributed by atoms with Crippen LogP contribution in [0.4, 0.5) is 5.95 Å². The van der Waals surface area contributed by atoms with Crippen molar-refractivity contribution in [3.05, 3.63) is 83.4 Å². The van der Waals surface area contributed by atoms with Crippen molar-refractivity contribution < 1.29 is 0 Å². The van der Waals surface area contributed by atoms with Crippen LogP contribution in [-0.4, -0.2) is 20.7 Å². The first-order valence-corrected chi connectivity index (χ1v) is 7.35. The smallest absolute Gasteiger partial charge is 0.243 e. The van der Waals surface area contributed by atoms with E-state index in [1.807, 2.05) is 68.4 Å². The van der Waals surface area contributed by atoms with E-state index in [-0.39, 0.29) is 0 Å². The average Bonchev–Trinajstić information content (AvgIpc) is 2.56. The van der Waals surface area contributed by atoms with E-state index in [0.29, 0.717) is 5.95 Å². The first-order chi connectivity index (χ1) is 11.2. The quantitative estimate of drug-likeness (QED) is 0.593. The summed E-state index contributed by atoms with van der Waals surface area (Å²) in [6, 6.07) is 17.6. The molecule has 0 spiro atoms. The topological polar surface area (TPSA) is 63.1 Å². The second kappa shape index (κ2) is 6.79. The molecule has 0 fully saturated rings. The van der Waals surface area contributed by atoms with E-state index < -0.39 is 0 Å². The van der Waals surface area contributed by atoms with Crippen molar-refractivity contribution in [2.75, 3.05) is 5.43 Å². The molecule has 5 nitrogen and oxygen atoms in total. The van der Waals surface area contributed by atoms with Gasteiger partial charge in [-0.2, -0.15) is 5.10 Å². The van der Waals surface area contributed by atoms with Crippen molar-refractivity contribution in [1.29, 1.82) is 0 Å². The van der Waals surface area contributed by atoms with Gasteiger partial charge in [-0.3, -0.25) is 4.98 Å². The van der Waals surface area contributed by atoms with Crippen molar-refractivity contribution in [3.63, 3.8) is 0 Å². The molecule has 0 atom stereocenters. The van der Waals surface area contributed by atoms with Crippen LogP contribution >= 0.6 is 0 Å². The fraction of sp³-hybridized carbons (Fsp3) is 0.111. The Labute approximate surface area is 135 Å². The molecule has 1 aromatic carbocycles. The first-order valence-electron chi connectivity index (χ1n) is 7.35. The van der Waals surface area contributed by atoms with Gasteiger partial charge in [-0.1, -0.05) is 36.4 Å². The molecule has 0 radical (unpaired) electrons. The lowest BCUT2D eigenvalue weighted by Crippen LogP contribution is -2.09. The molecule has 3 aromatic rings. The second-order valence-corrected chi connectivity index (χ2v) is 5.13. The Bertz CT molecular complexity index is 752. The fourth-order valence-electron chi connectivity index (χ4n) is 2.25. The van der Waals surface area contributed by atoms with Crippen LogP contribution in [0.1, 0.15) is 22.6 Å². The minimum Gasteiger partial charge on any atom is -0.255 e. The highest BCUT2D eigenvalue weighted by atomic mass is 15.4. The third kappa shape index (κ3) is 3.77. The van der Waals surface area contributed by atoms with E-state index in [4.69, 9.17) is 0 Å². The fourth-order valence-corrected chi connectivity index (χ4v) is 2.25. The molecule has 0 bridgehead atoms. The Morgan fingerprint density at radius 1 is 0.913 bits per heavy atom. The minimum atomic E-state index is 0.479. The summed E-state index contributed by atoms with van der Waals surface area (Å²) in [7, 11) is 0. The number of rotatable bonds is 4. The maximum absolute atomic E-state index is 4.50. The van der Waals surface area contributed by atoms with Crippen molar-refractivity contribution in [2.45, 2.75) is 13.8 Å². The molecule has 0 aliphatic heterocycles. The maximum Gasteiger partial charge on any atom is 0.243 e. The molecule has 23 heavy (non-hydrogen) atoms. The van der Waals surface area contributed by atoms with E-state index in [9.17, 15) is 0 Å². The number of aryl methyl sites for hydroxylation is 2. The van der Waals surface area contributed by atoms with Gasteiger partial charge in [0, 0.05) is 23.1 Å². The van der Waals surface area contributed by atoms with Gasteiger partial charge >= 0.3 is 0 Å². The Kier molecular flexibility index (Phi) is 4.38. The van der Waals surface area contributed by atoms with Gasteiger partial charge in [0.25, 0.3) is 0 Å². The van der Waals surface area contributed by atoms with Gasteiger partial charge in [-0.25, -0.2) is 15.4 Å². The van der Waals surface area contributed by atoms with Crippen LogP contribution in [0.25, 0.3) is 0 Å². The summed E-state index contributed by atoms with van der Waals surface area (Å²) in [5.41, 5.74) is 7.25. The molecular weight excluding hydrogens is 286 g/mol. The predicted octanol–water partition coefficient (Wildman–Crippen LogP) is 3.35. The Hall–Kier alpha value is -3.08. The van der Waals surface area contributed by atoms with E-state index in [1.54, 1.807) is 6.20 Å². The maximum atomic E-state index is 4.50. The molecule has 1 N–H and O–H groups in total. The lowest BCUT2D eigenvalue weighted by Gasteiger charge is -2.07. The number of benzene rings is 1. The van der Waals surface area contributed by atoms with E-state index in [2.05, 4.69) is 25.5 Å². The van der Waals surface area contributed by atoms with Crippen LogP contribution in [0.5, 0.6) is 0 Å². The number of hydrogen-bond acceptors (Lipinski definition) is 5. The van der Waals surface area contributed by atoms with Crippen LogP contribution in [-0.2, 0) is 0 Å². The summed E-state index contributed by atoms with van der Waals surface area (Å²) < 4.78 is 0. The summed E-state index contributed by atoms with van der Waals surface area (Å²) in [6.45, 7) is 3.86. The minimum absolute atomic E-state index is 0.479. The SMILES string of the molecule is Cc1cc(C)nc(N/N=C(/c2ccccc2)c2ccccn2)n1. The molecule has 3 rings (SSSR count). The summed E-state index contributed by atoms with van der Waals surface area (Å²) in [5, 5.41) is 4.50. The molecule has 2 aromatic heterocycles. The van der Waals surface area contributed by atoms with Crippen molar-refractivity contribution in [3.8, 4) is 0 Å². The Morgan fingerprint density at radius 2 is 1.61 bits per heavy atom. The summed E-state index contributed by atoms with van der Waals surface area (Å²) >= 11 is 0. The normalized spacial score (nSPS) is 11.3. The third-order valence-electron chi connectivity index (χ3n) is 3.20. The van der Waals surface area contributed by atoms with Gasteiger partial charge in [-0.15, -0.1) is 0 Å². The standard InChI is InChI=1S/C18H17N5/c1-13-12-14(2)21-18(20-13)23-22-17(15-8-4-3-5-9-15)16-10-6-7-11-19-16/h3-12H,1-2H3,(H,20,21,23)/b22-17-. The molecule has 0 aliphatic rings. The van der Waals surface area contributed by atoms with Gasteiger partial charge in [0.1, 0.15) is 5.71 Å². The number of aromatic nitrogens is 3. The van der Waals surface area contributed by atoms with Crippen LogP contribution < -0.4 is 5.43 Å². The molecule has 0 saturated heterocycles. The van der Waals surface area contributed by atoms with Crippen LogP contribution in [0, 0.1) is 13.8 Å². The van der Waals surface area contributed by atoms with Crippen LogP contribution in [0.2, 0.25) is 0 Å². The van der Waals surface area contributed by atoms with Gasteiger partial charge in [0.15, 0.2) is 0 Å². The van der Waals surface area contributed by atoms with Gasteiger partial charge in [-0.05, 0) is 32.0 Å². The average molecular weight is 303 g/mol. The van der Waals surface area contributed by atoms with Gasteiger partial charge in [0.05, 0.1) is 5.69 Å².